The molecule has 0 spiro atoms. The van der Waals surface area contributed by atoms with Crippen molar-refractivity contribution in [1.82, 2.24) is 14.6 Å². The fourth-order valence-corrected chi connectivity index (χ4v) is 3.13. The zero-order chi connectivity index (χ0) is 22.2. The summed E-state index contributed by atoms with van der Waals surface area (Å²) in [5.41, 5.74) is -0.554. The minimum absolute atomic E-state index is 0.0837. The lowest BCUT2D eigenvalue weighted by molar-refractivity contribution is -0.142. The number of methoxy groups -OCH3 is 1. The Morgan fingerprint density at radius 2 is 1.81 bits per heavy atom. The number of aromatic nitrogens is 3. The second kappa shape index (κ2) is 7.92. The molecule has 0 aliphatic rings. The third-order valence-corrected chi connectivity index (χ3v) is 4.79. The van der Waals surface area contributed by atoms with Gasteiger partial charge in [-0.3, -0.25) is 4.79 Å². The van der Waals surface area contributed by atoms with Crippen molar-refractivity contribution >= 4 is 28.8 Å². The van der Waals surface area contributed by atoms with Crippen molar-refractivity contribution in [2.75, 3.05) is 12.4 Å². The van der Waals surface area contributed by atoms with E-state index < -0.39 is 17.8 Å². The molecular formula is C21H14ClF3N4O2. The van der Waals surface area contributed by atoms with E-state index >= 15 is 0 Å². The number of carbonyl (C=O) groups excluding carboxylic acids is 1. The van der Waals surface area contributed by atoms with Crippen LogP contribution in [-0.4, -0.2) is 27.6 Å². The Morgan fingerprint density at radius 1 is 1.10 bits per heavy atom. The summed E-state index contributed by atoms with van der Waals surface area (Å²) in [6.45, 7) is 0. The minimum Gasteiger partial charge on any atom is -0.497 e. The number of rotatable bonds is 4. The van der Waals surface area contributed by atoms with Crippen LogP contribution in [0.1, 0.15) is 16.2 Å². The highest BCUT2D eigenvalue weighted by molar-refractivity contribution is 6.33. The van der Waals surface area contributed by atoms with E-state index in [0.29, 0.717) is 21.5 Å². The molecule has 0 aliphatic heterocycles. The minimum atomic E-state index is -4.72. The molecule has 158 valence electrons. The maximum Gasteiger partial charge on any atom is 0.433 e. The molecule has 0 fully saturated rings. The van der Waals surface area contributed by atoms with E-state index in [-0.39, 0.29) is 22.1 Å². The van der Waals surface area contributed by atoms with Gasteiger partial charge in [0.15, 0.2) is 17.0 Å². The van der Waals surface area contributed by atoms with Crippen molar-refractivity contribution in [3.8, 4) is 17.0 Å². The largest absolute Gasteiger partial charge is 0.497 e. The van der Waals surface area contributed by atoms with Gasteiger partial charge in [0.05, 0.1) is 23.5 Å². The standard InChI is InChI=1S/C21H14ClF3N4O2/c1-31-13-8-6-12(7-9-13)16-10-18(21(23,24)25)29-19(26-16)11-17(28-29)20(30)27-15-5-3-2-4-14(15)22/h2-11H,1H3,(H,27,30). The third kappa shape index (κ3) is 4.17. The number of amides is 1. The van der Waals surface area contributed by atoms with E-state index in [2.05, 4.69) is 15.4 Å². The van der Waals surface area contributed by atoms with Gasteiger partial charge in [-0.25, -0.2) is 9.50 Å². The average Bonchev–Trinajstić information content (AvgIpc) is 3.18. The van der Waals surface area contributed by atoms with Crippen LogP contribution < -0.4 is 10.1 Å². The number of nitrogens with one attached hydrogen (secondary N) is 1. The van der Waals surface area contributed by atoms with Gasteiger partial charge < -0.3 is 10.1 Å². The predicted octanol–water partition coefficient (Wildman–Crippen LogP) is 5.33. The lowest BCUT2D eigenvalue weighted by Gasteiger charge is -2.11. The van der Waals surface area contributed by atoms with Gasteiger partial charge in [0.25, 0.3) is 5.91 Å². The molecule has 10 heteroatoms. The molecule has 1 N–H and O–H groups in total. The molecule has 2 aromatic carbocycles. The Morgan fingerprint density at radius 3 is 2.45 bits per heavy atom. The number of benzene rings is 2. The Balaban J connectivity index is 1.78. The highest BCUT2D eigenvalue weighted by Gasteiger charge is 2.35. The molecule has 6 nitrogen and oxygen atoms in total. The van der Waals surface area contributed by atoms with Crippen LogP contribution in [0, 0.1) is 0 Å². The summed E-state index contributed by atoms with van der Waals surface area (Å²) in [6.07, 6.45) is -4.72. The van der Waals surface area contributed by atoms with Gasteiger partial charge in [0.2, 0.25) is 0 Å². The molecule has 0 bridgehead atoms. The van der Waals surface area contributed by atoms with Gasteiger partial charge >= 0.3 is 6.18 Å². The number of fused-ring (bicyclic) bond motifs is 1. The van der Waals surface area contributed by atoms with Crippen LogP contribution in [0.25, 0.3) is 16.9 Å². The number of ether oxygens (including phenoxy) is 1. The first-order valence-corrected chi connectivity index (χ1v) is 9.32. The second-order valence-corrected chi connectivity index (χ2v) is 6.89. The lowest BCUT2D eigenvalue weighted by Crippen LogP contribution is -2.16. The zero-order valence-electron chi connectivity index (χ0n) is 15.9. The van der Waals surface area contributed by atoms with E-state index in [9.17, 15) is 18.0 Å². The Hall–Kier alpha value is -3.59. The van der Waals surface area contributed by atoms with Crippen LogP contribution >= 0.6 is 11.6 Å². The van der Waals surface area contributed by atoms with E-state index in [0.717, 1.165) is 6.07 Å². The maximum atomic E-state index is 13.7. The summed E-state index contributed by atoms with van der Waals surface area (Å²) in [6, 6.07) is 15.0. The first kappa shape index (κ1) is 20.7. The lowest BCUT2D eigenvalue weighted by atomic mass is 10.1. The molecule has 0 aliphatic carbocycles. The summed E-state index contributed by atoms with van der Waals surface area (Å²) in [5.74, 6) is -0.151. The molecule has 0 radical (unpaired) electrons. The van der Waals surface area contributed by atoms with Crippen LogP contribution in [0.4, 0.5) is 18.9 Å². The van der Waals surface area contributed by atoms with Crippen molar-refractivity contribution in [3.05, 3.63) is 77.1 Å². The number of para-hydroxylation sites is 1. The van der Waals surface area contributed by atoms with Crippen LogP contribution in [0.2, 0.25) is 5.02 Å². The molecule has 0 unspecified atom stereocenters. The number of halogens is 4. The quantitative estimate of drug-likeness (QED) is 0.460. The predicted molar refractivity (Wildman–Crippen MR) is 109 cm³/mol. The fourth-order valence-electron chi connectivity index (χ4n) is 2.95. The highest BCUT2D eigenvalue weighted by Crippen LogP contribution is 2.33. The van der Waals surface area contributed by atoms with Crippen molar-refractivity contribution in [2.24, 2.45) is 0 Å². The molecule has 0 saturated carbocycles. The van der Waals surface area contributed by atoms with Crippen molar-refractivity contribution in [2.45, 2.75) is 6.18 Å². The Labute approximate surface area is 179 Å². The number of carbonyl (C=O) groups is 1. The Kier molecular flexibility index (Phi) is 5.28. The smallest absolute Gasteiger partial charge is 0.433 e. The molecule has 4 rings (SSSR count). The average molecular weight is 447 g/mol. The normalized spacial score (nSPS) is 11.5. The van der Waals surface area contributed by atoms with Crippen LogP contribution in [0.5, 0.6) is 5.75 Å². The summed E-state index contributed by atoms with van der Waals surface area (Å²) < 4.78 is 46.8. The number of hydrogen-bond donors (Lipinski definition) is 1. The van der Waals surface area contributed by atoms with E-state index in [1.54, 1.807) is 48.5 Å². The van der Waals surface area contributed by atoms with Gasteiger partial charge in [-0.05, 0) is 42.5 Å². The third-order valence-electron chi connectivity index (χ3n) is 4.46. The molecule has 0 saturated heterocycles. The van der Waals surface area contributed by atoms with Gasteiger partial charge in [0, 0.05) is 11.6 Å². The van der Waals surface area contributed by atoms with Crippen molar-refractivity contribution in [3.63, 3.8) is 0 Å². The molecule has 0 atom stereocenters. The first-order chi connectivity index (χ1) is 14.8. The monoisotopic (exact) mass is 446 g/mol. The number of hydrogen-bond acceptors (Lipinski definition) is 4. The molecule has 1 amide bonds. The van der Waals surface area contributed by atoms with Crippen LogP contribution in [0.3, 0.4) is 0 Å². The van der Waals surface area contributed by atoms with E-state index in [1.807, 2.05) is 0 Å². The first-order valence-electron chi connectivity index (χ1n) is 8.94. The molecule has 4 aromatic rings. The van der Waals surface area contributed by atoms with Gasteiger partial charge in [-0.15, -0.1) is 0 Å². The second-order valence-electron chi connectivity index (χ2n) is 6.49. The zero-order valence-corrected chi connectivity index (χ0v) is 16.7. The number of nitrogens with zero attached hydrogens (tertiary/aromatic N) is 3. The topological polar surface area (TPSA) is 68.5 Å². The highest BCUT2D eigenvalue weighted by atomic mass is 35.5. The van der Waals surface area contributed by atoms with Crippen molar-refractivity contribution in [1.29, 1.82) is 0 Å². The van der Waals surface area contributed by atoms with Gasteiger partial charge in [-0.2, -0.15) is 18.3 Å². The van der Waals surface area contributed by atoms with Crippen LogP contribution in [0.15, 0.2) is 60.7 Å². The number of alkyl halides is 3. The number of anilines is 1. The SMILES string of the molecule is COc1ccc(-c2cc(C(F)(F)F)n3nc(C(=O)Nc4ccccc4Cl)cc3n2)cc1. The summed E-state index contributed by atoms with van der Waals surface area (Å²) in [5, 5.41) is 6.65. The molecular weight excluding hydrogens is 433 g/mol. The van der Waals surface area contributed by atoms with Gasteiger partial charge in [-0.1, -0.05) is 23.7 Å². The van der Waals surface area contributed by atoms with Gasteiger partial charge in [0.1, 0.15) is 5.75 Å². The van der Waals surface area contributed by atoms with Crippen LogP contribution in [-0.2, 0) is 6.18 Å². The molecule has 2 heterocycles. The maximum absolute atomic E-state index is 13.7. The summed E-state index contributed by atoms with van der Waals surface area (Å²) >= 11 is 6.02. The van der Waals surface area contributed by atoms with E-state index in [4.69, 9.17) is 16.3 Å². The summed E-state index contributed by atoms with van der Waals surface area (Å²) in [4.78, 5) is 16.8. The molecule has 31 heavy (non-hydrogen) atoms. The summed E-state index contributed by atoms with van der Waals surface area (Å²) in [7, 11) is 1.49. The molecule has 2 aromatic heterocycles. The Bertz CT molecular complexity index is 1270. The fraction of sp³-hybridized carbons (Fsp3) is 0.0952. The van der Waals surface area contributed by atoms with Crippen molar-refractivity contribution < 1.29 is 22.7 Å². The van der Waals surface area contributed by atoms with E-state index in [1.165, 1.54) is 13.2 Å².